The maximum Gasteiger partial charge on any atom is 0.186 e. The average molecular weight is 293 g/mol. The first kappa shape index (κ1) is 14.3. The second kappa shape index (κ2) is 6.02. The molecule has 3 atom stereocenters. The quantitative estimate of drug-likeness (QED) is 0.920. The van der Waals surface area contributed by atoms with Crippen molar-refractivity contribution in [1.82, 2.24) is 10.3 Å². The molecule has 0 amide bonds. The molecule has 2 heterocycles. The van der Waals surface area contributed by atoms with Crippen LogP contribution in [0.2, 0.25) is 0 Å². The molecule has 0 saturated carbocycles. The molecule has 3 unspecified atom stereocenters. The van der Waals surface area contributed by atoms with E-state index in [0.717, 1.165) is 12.5 Å². The van der Waals surface area contributed by atoms with E-state index in [0.29, 0.717) is 12.1 Å². The second-order valence-electron chi connectivity index (χ2n) is 6.36. The number of hydrogen-bond donors (Lipinski definition) is 1. The predicted octanol–water partition coefficient (Wildman–Crippen LogP) is 3.75. The Bertz CT molecular complexity index is 457. The van der Waals surface area contributed by atoms with Gasteiger partial charge in [-0.1, -0.05) is 25.2 Å². The van der Waals surface area contributed by atoms with E-state index in [1.165, 1.54) is 54.4 Å². The molecule has 4 heteroatoms. The van der Waals surface area contributed by atoms with Gasteiger partial charge < -0.3 is 10.2 Å². The molecular weight excluding hydrogens is 266 g/mol. The largest absolute Gasteiger partial charge is 0.345 e. The van der Waals surface area contributed by atoms with Crippen LogP contribution in [-0.2, 0) is 6.42 Å². The molecule has 1 saturated heterocycles. The van der Waals surface area contributed by atoms with Crippen molar-refractivity contribution in [3.8, 4) is 0 Å². The minimum Gasteiger partial charge on any atom is -0.345 e. The summed E-state index contributed by atoms with van der Waals surface area (Å²) >= 11 is 1.95. The summed E-state index contributed by atoms with van der Waals surface area (Å²) in [5, 5.41) is 4.91. The Balaban J connectivity index is 1.85. The van der Waals surface area contributed by atoms with Crippen LogP contribution in [0.4, 0.5) is 5.13 Å². The van der Waals surface area contributed by atoms with Crippen LogP contribution < -0.4 is 10.2 Å². The number of aromatic nitrogens is 1. The molecule has 20 heavy (non-hydrogen) atoms. The topological polar surface area (TPSA) is 28.2 Å². The highest BCUT2D eigenvalue weighted by molar-refractivity contribution is 7.15. The van der Waals surface area contributed by atoms with Crippen molar-refractivity contribution in [2.75, 3.05) is 18.0 Å². The van der Waals surface area contributed by atoms with E-state index < -0.39 is 0 Å². The van der Waals surface area contributed by atoms with E-state index in [9.17, 15) is 0 Å². The third-order valence-electron chi connectivity index (χ3n) is 5.01. The van der Waals surface area contributed by atoms with Crippen LogP contribution >= 0.6 is 11.3 Å². The van der Waals surface area contributed by atoms with Gasteiger partial charge in [0, 0.05) is 23.5 Å². The normalized spacial score (nSPS) is 30.4. The van der Waals surface area contributed by atoms with Crippen LogP contribution in [-0.4, -0.2) is 24.1 Å². The summed E-state index contributed by atoms with van der Waals surface area (Å²) in [6, 6.07) is 1.18. The third-order valence-corrected chi connectivity index (χ3v) is 6.26. The Kier molecular flexibility index (Phi) is 4.32. The van der Waals surface area contributed by atoms with E-state index in [1.54, 1.807) is 0 Å². The minimum absolute atomic E-state index is 0.549. The number of fused-ring (bicyclic) bond motifs is 1. The summed E-state index contributed by atoms with van der Waals surface area (Å²) in [7, 11) is 0. The lowest BCUT2D eigenvalue weighted by Crippen LogP contribution is -2.42. The molecule has 0 spiro atoms. The van der Waals surface area contributed by atoms with Crippen LogP contribution in [0.5, 0.6) is 0 Å². The summed E-state index contributed by atoms with van der Waals surface area (Å²) in [5.74, 6) is 0.786. The van der Waals surface area contributed by atoms with Crippen molar-refractivity contribution in [3.63, 3.8) is 0 Å². The SMILES string of the molecule is CCNC1CCCc2nc(N3CCCC(C)C3C)sc21. The number of anilines is 1. The molecule has 0 aromatic carbocycles. The van der Waals surface area contributed by atoms with Gasteiger partial charge in [-0.2, -0.15) is 0 Å². The molecule has 0 bridgehead atoms. The van der Waals surface area contributed by atoms with Crippen molar-refractivity contribution in [3.05, 3.63) is 10.6 Å². The van der Waals surface area contributed by atoms with Crippen LogP contribution in [0.3, 0.4) is 0 Å². The molecule has 1 aliphatic heterocycles. The molecule has 1 aromatic heterocycles. The lowest BCUT2D eigenvalue weighted by Gasteiger charge is -2.37. The Labute approximate surface area is 126 Å². The fourth-order valence-corrected chi connectivity index (χ4v) is 4.91. The van der Waals surface area contributed by atoms with Gasteiger partial charge >= 0.3 is 0 Å². The molecule has 1 aromatic rings. The zero-order chi connectivity index (χ0) is 14.1. The molecule has 1 N–H and O–H groups in total. The van der Waals surface area contributed by atoms with Gasteiger partial charge in [0.15, 0.2) is 5.13 Å². The standard InChI is InChI=1S/C16H27N3S/c1-4-17-13-8-5-9-14-15(13)20-16(18-14)19-10-6-7-11(2)12(19)3/h11-13,17H,4-10H2,1-3H3. The van der Waals surface area contributed by atoms with Crippen molar-refractivity contribution >= 4 is 16.5 Å². The zero-order valence-electron chi connectivity index (χ0n) is 13.0. The Morgan fingerprint density at radius 2 is 2.15 bits per heavy atom. The fourth-order valence-electron chi connectivity index (χ4n) is 3.58. The van der Waals surface area contributed by atoms with E-state index >= 15 is 0 Å². The van der Waals surface area contributed by atoms with Crippen LogP contribution in [0.25, 0.3) is 0 Å². The van der Waals surface area contributed by atoms with Gasteiger partial charge in [0.1, 0.15) is 0 Å². The Morgan fingerprint density at radius 1 is 1.30 bits per heavy atom. The molecule has 0 radical (unpaired) electrons. The van der Waals surface area contributed by atoms with Gasteiger partial charge in [-0.05, 0) is 51.5 Å². The average Bonchev–Trinajstić information content (AvgIpc) is 2.87. The van der Waals surface area contributed by atoms with E-state index in [1.807, 2.05) is 11.3 Å². The number of aryl methyl sites for hydroxylation is 1. The van der Waals surface area contributed by atoms with Crippen molar-refractivity contribution in [2.24, 2.45) is 5.92 Å². The predicted molar refractivity (Wildman–Crippen MR) is 86.7 cm³/mol. The van der Waals surface area contributed by atoms with Gasteiger partial charge in [-0.3, -0.25) is 0 Å². The summed E-state index contributed by atoms with van der Waals surface area (Å²) < 4.78 is 0. The first-order valence-electron chi connectivity index (χ1n) is 8.20. The minimum atomic E-state index is 0.549. The van der Waals surface area contributed by atoms with E-state index in [2.05, 4.69) is 31.0 Å². The van der Waals surface area contributed by atoms with Gasteiger partial charge in [0.05, 0.1) is 5.69 Å². The van der Waals surface area contributed by atoms with Crippen LogP contribution in [0.1, 0.15) is 63.1 Å². The van der Waals surface area contributed by atoms with Gasteiger partial charge in [0.25, 0.3) is 0 Å². The first-order chi connectivity index (χ1) is 9.70. The maximum atomic E-state index is 5.00. The van der Waals surface area contributed by atoms with E-state index in [4.69, 9.17) is 4.98 Å². The maximum absolute atomic E-state index is 5.00. The Morgan fingerprint density at radius 3 is 2.95 bits per heavy atom. The molecule has 2 aliphatic rings. The van der Waals surface area contributed by atoms with Gasteiger partial charge in [0.2, 0.25) is 0 Å². The summed E-state index contributed by atoms with van der Waals surface area (Å²) in [5.41, 5.74) is 1.37. The lowest BCUT2D eigenvalue weighted by atomic mass is 9.92. The molecular formula is C16H27N3S. The van der Waals surface area contributed by atoms with Crippen molar-refractivity contribution in [2.45, 2.75) is 65.0 Å². The number of rotatable bonds is 3. The highest BCUT2D eigenvalue weighted by Crippen LogP contribution is 2.39. The fraction of sp³-hybridized carbons (Fsp3) is 0.812. The highest BCUT2D eigenvalue weighted by atomic mass is 32.1. The molecule has 1 fully saturated rings. The number of nitrogens with one attached hydrogen (secondary N) is 1. The second-order valence-corrected chi connectivity index (χ2v) is 7.37. The third kappa shape index (κ3) is 2.60. The smallest absolute Gasteiger partial charge is 0.186 e. The van der Waals surface area contributed by atoms with E-state index in [-0.39, 0.29) is 0 Å². The van der Waals surface area contributed by atoms with Crippen LogP contribution in [0, 0.1) is 5.92 Å². The zero-order valence-corrected chi connectivity index (χ0v) is 13.8. The number of nitrogens with zero attached hydrogens (tertiary/aromatic N) is 2. The number of hydrogen-bond acceptors (Lipinski definition) is 4. The first-order valence-corrected chi connectivity index (χ1v) is 9.02. The number of thiazole rings is 1. The monoisotopic (exact) mass is 293 g/mol. The van der Waals surface area contributed by atoms with Crippen LogP contribution in [0.15, 0.2) is 0 Å². The summed E-state index contributed by atoms with van der Waals surface area (Å²) in [4.78, 5) is 9.06. The van der Waals surface area contributed by atoms with Gasteiger partial charge in [-0.15, -0.1) is 0 Å². The molecule has 3 nitrogen and oxygen atoms in total. The molecule has 1 aliphatic carbocycles. The summed E-state index contributed by atoms with van der Waals surface area (Å²) in [6.45, 7) is 9.18. The lowest BCUT2D eigenvalue weighted by molar-refractivity contribution is 0.363. The van der Waals surface area contributed by atoms with Crippen molar-refractivity contribution in [1.29, 1.82) is 0 Å². The van der Waals surface area contributed by atoms with Crippen molar-refractivity contribution < 1.29 is 0 Å². The van der Waals surface area contributed by atoms with Gasteiger partial charge in [-0.25, -0.2) is 4.98 Å². The highest BCUT2D eigenvalue weighted by Gasteiger charge is 2.30. The number of piperidine rings is 1. The summed E-state index contributed by atoms with van der Waals surface area (Å²) in [6.07, 6.45) is 6.40. The molecule has 3 rings (SSSR count). The Hall–Kier alpha value is -0.610. The molecule has 112 valence electrons.